The van der Waals surface area contributed by atoms with Crippen molar-refractivity contribution < 1.29 is 4.79 Å². The van der Waals surface area contributed by atoms with Crippen molar-refractivity contribution in [1.29, 1.82) is 0 Å². The van der Waals surface area contributed by atoms with Gasteiger partial charge in [-0.05, 0) is 51.2 Å². The van der Waals surface area contributed by atoms with E-state index in [0.717, 1.165) is 33.1 Å². The van der Waals surface area contributed by atoms with E-state index in [4.69, 9.17) is 4.98 Å². The highest BCUT2D eigenvalue weighted by atomic mass is 32.1. The molecule has 2 aromatic heterocycles. The molecule has 27 heavy (non-hydrogen) atoms. The Hall–Kier alpha value is -1.76. The summed E-state index contributed by atoms with van der Waals surface area (Å²) in [6.45, 7) is 0.715. The van der Waals surface area contributed by atoms with Crippen molar-refractivity contribution in [2.75, 3.05) is 20.6 Å². The molecule has 1 N–H and O–H groups in total. The first-order chi connectivity index (χ1) is 13.1. The van der Waals surface area contributed by atoms with Gasteiger partial charge in [0.25, 0.3) is 5.91 Å². The normalized spacial score (nSPS) is 16.7. The van der Waals surface area contributed by atoms with Crippen molar-refractivity contribution in [3.05, 3.63) is 41.3 Å². The number of benzene rings is 1. The molecular formula is C21H25N3OS2. The molecule has 1 fully saturated rings. The van der Waals surface area contributed by atoms with Gasteiger partial charge in [-0.1, -0.05) is 31.4 Å². The summed E-state index contributed by atoms with van der Waals surface area (Å²) in [7, 11) is 4.27. The first-order valence-corrected chi connectivity index (χ1v) is 11.1. The van der Waals surface area contributed by atoms with Crippen LogP contribution in [-0.2, 0) is 0 Å². The van der Waals surface area contributed by atoms with E-state index >= 15 is 0 Å². The summed E-state index contributed by atoms with van der Waals surface area (Å²) in [4.78, 5) is 21.5. The Morgan fingerprint density at radius 1 is 1.11 bits per heavy atom. The van der Waals surface area contributed by atoms with Gasteiger partial charge >= 0.3 is 0 Å². The van der Waals surface area contributed by atoms with Crippen LogP contribution in [0.15, 0.2) is 36.4 Å². The molecular weight excluding hydrogens is 374 g/mol. The number of fused-ring (bicyclic) bond motifs is 1. The van der Waals surface area contributed by atoms with E-state index in [1.165, 1.54) is 35.3 Å². The van der Waals surface area contributed by atoms with Crippen molar-refractivity contribution in [1.82, 2.24) is 15.2 Å². The third-order valence-electron chi connectivity index (χ3n) is 5.65. The molecule has 4 nitrogen and oxygen atoms in total. The molecule has 2 heterocycles. The minimum atomic E-state index is 0.0270. The van der Waals surface area contributed by atoms with Gasteiger partial charge < -0.3 is 10.2 Å². The van der Waals surface area contributed by atoms with E-state index in [2.05, 4.69) is 30.4 Å². The highest BCUT2D eigenvalue weighted by Crippen LogP contribution is 2.35. The molecule has 0 saturated heterocycles. The van der Waals surface area contributed by atoms with Crippen LogP contribution in [0.3, 0.4) is 0 Å². The Labute approximate surface area is 168 Å². The lowest BCUT2D eigenvalue weighted by molar-refractivity contribution is 0.0802. The van der Waals surface area contributed by atoms with Crippen molar-refractivity contribution in [3.8, 4) is 9.88 Å². The number of amides is 1. The predicted molar refractivity (Wildman–Crippen MR) is 115 cm³/mol. The van der Waals surface area contributed by atoms with Gasteiger partial charge in [0.1, 0.15) is 5.01 Å². The van der Waals surface area contributed by atoms with Gasteiger partial charge in [-0.2, -0.15) is 0 Å². The lowest BCUT2D eigenvalue weighted by Gasteiger charge is -2.43. The molecule has 4 rings (SSSR count). The monoisotopic (exact) mass is 399 g/mol. The van der Waals surface area contributed by atoms with Crippen LogP contribution in [-0.4, -0.2) is 42.0 Å². The average Bonchev–Trinajstić information content (AvgIpc) is 3.33. The zero-order chi connectivity index (χ0) is 18.9. The van der Waals surface area contributed by atoms with Gasteiger partial charge in [-0.3, -0.25) is 4.79 Å². The lowest BCUT2D eigenvalue weighted by atomic mass is 9.80. The van der Waals surface area contributed by atoms with Crippen LogP contribution in [0.25, 0.3) is 20.1 Å². The summed E-state index contributed by atoms with van der Waals surface area (Å²) >= 11 is 3.20. The molecule has 6 heteroatoms. The molecule has 0 unspecified atom stereocenters. The SMILES string of the molecule is CN(C)C1(CNC(=O)c2ccc(-c3nc4ccccc4s3)s2)CCCCC1. The minimum Gasteiger partial charge on any atom is -0.349 e. The molecule has 1 aliphatic rings. The van der Waals surface area contributed by atoms with Crippen molar-refractivity contribution in [3.63, 3.8) is 0 Å². The first-order valence-electron chi connectivity index (χ1n) is 9.49. The number of thiazole rings is 1. The molecule has 0 spiro atoms. The second-order valence-electron chi connectivity index (χ2n) is 7.51. The van der Waals surface area contributed by atoms with Crippen LogP contribution in [0.2, 0.25) is 0 Å². The van der Waals surface area contributed by atoms with Crippen LogP contribution < -0.4 is 5.32 Å². The second kappa shape index (κ2) is 7.70. The molecule has 142 valence electrons. The molecule has 0 aliphatic heterocycles. The van der Waals surface area contributed by atoms with Crippen molar-refractivity contribution in [2.24, 2.45) is 0 Å². The Bertz CT molecular complexity index is 905. The number of hydrogen-bond acceptors (Lipinski definition) is 5. The Kier molecular flexibility index (Phi) is 5.30. The average molecular weight is 400 g/mol. The number of carbonyl (C=O) groups excluding carboxylic acids is 1. The molecule has 0 radical (unpaired) electrons. The van der Waals surface area contributed by atoms with Crippen LogP contribution in [0.5, 0.6) is 0 Å². The van der Waals surface area contributed by atoms with Gasteiger partial charge in [0.2, 0.25) is 0 Å². The van der Waals surface area contributed by atoms with E-state index in [9.17, 15) is 4.79 Å². The summed E-state index contributed by atoms with van der Waals surface area (Å²) in [5.41, 5.74) is 1.11. The summed E-state index contributed by atoms with van der Waals surface area (Å²) in [5, 5.41) is 4.18. The summed E-state index contributed by atoms with van der Waals surface area (Å²) < 4.78 is 1.18. The number of likely N-dealkylation sites (N-methyl/N-ethyl adjacent to an activating group) is 1. The van der Waals surface area contributed by atoms with Gasteiger partial charge in [-0.25, -0.2) is 4.98 Å². The highest BCUT2D eigenvalue weighted by molar-refractivity contribution is 7.26. The fraction of sp³-hybridized carbons (Fsp3) is 0.429. The third kappa shape index (κ3) is 3.79. The third-order valence-corrected chi connectivity index (χ3v) is 7.94. The number of aromatic nitrogens is 1. The largest absolute Gasteiger partial charge is 0.349 e. The number of nitrogens with zero attached hydrogens (tertiary/aromatic N) is 2. The topological polar surface area (TPSA) is 45.2 Å². The maximum atomic E-state index is 12.7. The summed E-state index contributed by atoms with van der Waals surface area (Å²) in [6, 6.07) is 12.1. The smallest absolute Gasteiger partial charge is 0.261 e. The van der Waals surface area contributed by atoms with E-state index < -0.39 is 0 Å². The molecule has 1 saturated carbocycles. The molecule has 0 bridgehead atoms. The number of rotatable bonds is 5. The Balaban J connectivity index is 1.47. The summed E-state index contributed by atoms with van der Waals surface area (Å²) in [6.07, 6.45) is 6.10. The van der Waals surface area contributed by atoms with E-state index in [-0.39, 0.29) is 11.4 Å². The molecule has 0 atom stereocenters. The van der Waals surface area contributed by atoms with Crippen LogP contribution >= 0.6 is 22.7 Å². The number of nitrogens with one attached hydrogen (secondary N) is 1. The van der Waals surface area contributed by atoms with Crippen LogP contribution in [0.1, 0.15) is 41.8 Å². The van der Waals surface area contributed by atoms with Gasteiger partial charge in [0, 0.05) is 12.1 Å². The fourth-order valence-corrected chi connectivity index (χ4v) is 5.82. The number of carbonyl (C=O) groups is 1. The predicted octanol–water partition coefficient (Wildman–Crippen LogP) is 5.02. The first kappa shape index (κ1) is 18.6. The van der Waals surface area contributed by atoms with Gasteiger partial charge in [-0.15, -0.1) is 22.7 Å². The summed E-state index contributed by atoms with van der Waals surface area (Å²) in [5.74, 6) is 0.0270. The highest BCUT2D eigenvalue weighted by Gasteiger charge is 2.34. The Morgan fingerprint density at radius 2 is 1.89 bits per heavy atom. The standard InChI is InChI=1S/C21H25N3OS2/c1-24(2)21(12-6-3-7-13-21)14-22-19(25)17-10-11-18(26-17)20-23-15-8-4-5-9-16(15)27-20/h4-5,8-11H,3,6-7,12-14H2,1-2H3,(H,22,25). The number of thiophene rings is 1. The zero-order valence-electron chi connectivity index (χ0n) is 15.8. The zero-order valence-corrected chi connectivity index (χ0v) is 17.5. The second-order valence-corrected chi connectivity index (χ2v) is 9.63. The number of para-hydroxylation sites is 1. The maximum Gasteiger partial charge on any atom is 0.261 e. The number of hydrogen-bond donors (Lipinski definition) is 1. The van der Waals surface area contributed by atoms with Gasteiger partial charge in [0.15, 0.2) is 0 Å². The quantitative estimate of drug-likeness (QED) is 0.655. The molecule has 1 aliphatic carbocycles. The molecule has 3 aromatic rings. The molecule has 1 aromatic carbocycles. The van der Waals surface area contributed by atoms with E-state index in [1.807, 2.05) is 30.3 Å². The maximum absolute atomic E-state index is 12.7. The minimum absolute atomic E-state index is 0.0270. The lowest BCUT2D eigenvalue weighted by Crippen LogP contribution is -2.53. The van der Waals surface area contributed by atoms with E-state index in [1.54, 1.807) is 11.3 Å². The van der Waals surface area contributed by atoms with Gasteiger partial charge in [0.05, 0.1) is 20.0 Å². The fourth-order valence-electron chi connectivity index (χ4n) is 3.88. The van der Waals surface area contributed by atoms with Crippen LogP contribution in [0, 0.1) is 0 Å². The van der Waals surface area contributed by atoms with Crippen molar-refractivity contribution in [2.45, 2.75) is 37.6 Å². The Morgan fingerprint density at radius 3 is 2.63 bits per heavy atom. The van der Waals surface area contributed by atoms with Crippen LogP contribution in [0.4, 0.5) is 0 Å². The van der Waals surface area contributed by atoms with Crippen molar-refractivity contribution >= 4 is 38.8 Å². The molecule has 1 amide bonds. The van der Waals surface area contributed by atoms with E-state index in [0.29, 0.717) is 6.54 Å².